The van der Waals surface area contributed by atoms with Crippen LogP contribution < -0.4 is 0 Å². The molecule has 1 atom stereocenters. The number of carbonyl (C=O) groups is 2. The number of rotatable bonds is 7. The Hall–Kier alpha value is -3.08. The molecule has 1 N–H and O–H groups in total. The summed E-state index contributed by atoms with van der Waals surface area (Å²) in [7, 11) is 0.511. The van der Waals surface area contributed by atoms with Crippen molar-refractivity contribution in [3.63, 3.8) is 0 Å². The fourth-order valence-corrected chi connectivity index (χ4v) is 4.37. The van der Waals surface area contributed by atoms with Crippen LogP contribution in [0.5, 0.6) is 0 Å². The third-order valence-corrected chi connectivity index (χ3v) is 7.01. The van der Waals surface area contributed by atoms with Crippen molar-refractivity contribution >= 4 is 27.5 Å². The zero-order valence-electron chi connectivity index (χ0n) is 17.8. The predicted octanol–water partition coefficient (Wildman–Crippen LogP) is 2.14. The van der Waals surface area contributed by atoms with Gasteiger partial charge in [0.1, 0.15) is 11.6 Å². The van der Waals surface area contributed by atoms with Crippen molar-refractivity contribution < 1.29 is 32.2 Å². The lowest BCUT2D eigenvalue weighted by Crippen LogP contribution is -2.33. The first-order chi connectivity index (χ1) is 15.1. The molecule has 2 aromatic carbocycles. The van der Waals surface area contributed by atoms with Gasteiger partial charge in [-0.1, -0.05) is 18.2 Å². The van der Waals surface area contributed by atoms with Crippen LogP contribution in [0.1, 0.15) is 17.2 Å². The molecule has 170 valence electrons. The van der Waals surface area contributed by atoms with E-state index in [1.807, 2.05) is 0 Å². The van der Waals surface area contributed by atoms with E-state index >= 15 is 0 Å². The normalized spacial score (nSPS) is 18.5. The molecule has 3 rings (SSSR count). The Bertz CT molecular complexity index is 1180. The zero-order valence-corrected chi connectivity index (χ0v) is 18.6. The summed E-state index contributed by atoms with van der Waals surface area (Å²) in [4.78, 5) is 26.7. The Morgan fingerprint density at radius 1 is 1.12 bits per heavy atom. The highest BCUT2D eigenvalue weighted by molar-refractivity contribution is 7.89. The second kappa shape index (κ2) is 9.19. The van der Waals surface area contributed by atoms with E-state index in [-0.39, 0.29) is 34.7 Å². The Morgan fingerprint density at radius 2 is 1.75 bits per heavy atom. The van der Waals surface area contributed by atoms with E-state index in [1.165, 1.54) is 63.7 Å². The lowest BCUT2D eigenvalue weighted by molar-refractivity contribution is -0.140. The summed E-state index contributed by atoms with van der Waals surface area (Å²) in [5.41, 5.74) is -0.107. The first-order valence-corrected chi connectivity index (χ1v) is 11.1. The summed E-state index contributed by atoms with van der Waals surface area (Å²) in [6.07, 6.45) is 0. The Labute approximate surface area is 185 Å². The van der Waals surface area contributed by atoms with E-state index in [0.717, 1.165) is 9.21 Å². The van der Waals surface area contributed by atoms with Crippen LogP contribution in [-0.2, 0) is 24.3 Å². The van der Waals surface area contributed by atoms with Gasteiger partial charge in [-0.05, 0) is 30.3 Å². The number of likely N-dealkylation sites (tertiary alicyclic amines) is 1. The van der Waals surface area contributed by atoms with Gasteiger partial charge in [-0.15, -0.1) is 0 Å². The van der Waals surface area contributed by atoms with Crippen LogP contribution in [0.25, 0.3) is 5.76 Å². The van der Waals surface area contributed by atoms with E-state index in [2.05, 4.69) is 0 Å². The molecule has 8 nitrogen and oxygen atoms in total. The fourth-order valence-electron chi connectivity index (χ4n) is 3.47. The number of nitrogens with zero attached hydrogens (tertiary/aromatic N) is 2. The summed E-state index contributed by atoms with van der Waals surface area (Å²) < 4.78 is 45.2. The molecule has 0 bridgehead atoms. The number of methoxy groups -OCH3 is 1. The lowest BCUT2D eigenvalue weighted by atomic mass is 9.95. The maximum atomic E-state index is 14.6. The van der Waals surface area contributed by atoms with Crippen molar-refractivity contribution in [2.75, 3.05) is 34.4 Å². The van der Waals surface area contributed by atoms with Crippen LogP contribution in [-0.4, -0.2) is 68.8 Å². The molecule has 1 unspecified atom stereocenters. The number of ketones is 1. The average Bonchev–Trinajstić information content (AvgIpc) is 3.02. The summed E-state index contributed by atoms with van der Waals surface area (Å²) >= 11 is 0. The van der Waals surface area contributed by atoms with Crippen LogP contribution in [0.15, 0.2) is 59.0 Å². The molecule has 32 heavy (non-hydrogen) atoms. The minimum absolute atomic E-state index is 0.00903. The smallest absolute Gasteiger partial charge is 0.295 e. The third-order valence-electron chi connectivity index (χ3n) is 5.18. The van der Waals surface area contributed by atoms with Crippen LogP contribution >= 0.6 is 0 Å². The number of carbonyl (C=O) groups excluding carboxylic acids is 2. The van der Waals surface area contributed by atoms with Crippen LogP contribution in [0, 0.1) is 5.82 Å². The van der Waals surface area contributed by atoms with Crippen LogP contribution in [0.3, 0.4) is 0 Å². The quantitative estimate of drug-likeness (QED) is 0.384. The van der Waals surface area contributed by atoms with Crippen LogP contribution in [0.2, 0.25) is 0 Å². The molecule has 1 amide bonds. The molecule has 2 aromatic rings. The molecule has 0 aliphatic carbocycles. The van der Waals surface area contributed by atoms with Crippen molar-refractivity contribution in [1.82, 2.24) is 9.21 Å². The summed E-state index contributed by atoms with van der Waals surface area (Å²) in [5, 5.41) is 10.9. The third kappa shape index (κ3) is 4.16. The van der Waals surface area contributed by atoms with Gasteiger partial charge in [0.05, 0.1) is 23.1 Å². The largest absolute Gasteiger partial charge is 0.507 e. The first-order valence-electron chi connectivity index (χ1n) is 9.66. The van der Waals surface area contributed by atoms with Crippen molar-refractivity contribution in [3.8, 4) is 0 Å². The standard InChI is InChI=1S/C22H23FN2O6S/c1-24(2)32(29,30)15-10-8-14(9-11-15)20(26)18-19(16-6-4-5-7-17(16)23)25(12-13-31-3)22(28)21(18)27/h4-11,19,26H,12-13H2,1-3H3/b20-18-. The van der Waals surface area contributed by atoms with Crippen molar-refractivity contribution in [3.05, 3.63) is 71.0 Å². The fraction of sp³-hybridized carbons (Fsp3) is 0.273. The topological polar surface area (TPSA) is 104 Å². The maximum absolute atomic E-state index is 14.6. The number of Topliss-reactive ketones (excluding diaryl/α,β-unsaturated/α-hetero) is 1. The van der Waals surface area contributed by atoms with E-state index in [0.29, 0.717) is 0 Å². The SMILES string of the molecule is COCCN1C(=O)C(=O)/C(=C(\O)c2ccc(S(=O)(=O)N(C)C)cc2)C1c1ccccc1F. The van der Waals surface area contributed by atoms with Crippen molar-refractivity contribution in [2.24, 2.45) is 0 Å². The molecule has 1 aliphatic rings. The van der Waals surface area contributed by atoms with Gasteiger partial charge in [-0.25, -0.2) is 17.1 Å². The molecule has 0 saturated carbocycles. The summed E-state index contributed by atoms with van der Waals surface area (Å²) in [6.45, 7) is 0.117. The van der Waals surface area contributed by atoms with Crippen molar-refractivity contribution in [2.45, 2.75) is 10.9 Å². The highest BCUT2D eigenvalue weighted by Gasteiger charge is 2.46. The van der Waals surface area contributed by atoms with Crippen LogP contribution in [0.4, 0.5) is 4.39 Å². The molecule has 10 heteroatoms. The minimum Gasteiger partial charge on any atom is -0.507 e. The Balaban J connectivity index is 2.14. The first kappa shape index (κ1) is 23.6. The molecular formula is C22H23FN2O6S. The number of sulfonamides is 1. The van der Waals surface area contributed by atoms with Gasteiger partial charge in [-0.3, -0.25) is 9.59 Å². The predicted molar refractivity (Wildman–Crippen MR) is 115 cm³/mol. The average molecular weight is 462 g/mol. The highest BCUT2D eigenvalue weighted by atomic mass is 32.2. The molecule has 1 heterocycles. The number of halogens is 1. The zero-order chi connectivity index (χ0) is 23.6. The highest BCUT2D eigenvalue weighted by Crippen LogP contribution is 2.40. The summed E-state index contributed by atoms with van der Waals surface area (Å²) in [5.74, 6) is -3.01. The van der Waals surface area contributed by atoms with E-state index in [1.54, 1.807) is 6.07 Å². The molecule has 0 aromatic heterocycles. The summed E-state index contributed by atoms with van der Waals surface area (Å²) in [6, 6.07) is 9.74. The lowest BCUT2D eigenvalue weighted by Gasteiger charge is -2.25. The van der Waals surface area contributed by atoms with Gasteiger partial charge in [-0.2, -0.15) is 0 Å². The van der Waals surface area contributed by atoms with Gasteiger partial charge in [0.2, 0.25) is 10.0 Å². The molecule has 0 spiro atoms. The number of hydrogen-bond acceptors (Lipinski definition) is 6. The number of amides is 1. The molecular weight excluding hydrogens is 439 g/mol. The van der Waals surface area contributed by atoms with Gasteiger partial charge in [0, 0.05) is 38.9 Å². The maximum Gasteiger partial charge on any atom is 0.295 e. The molecule has 1 fully saturated rings. The van der Waals surface area contributed by atoms with Crippen molar-refractivity contribution in [1.29, 1.82) is 0 Å². The number of aliphatic hydroxyl groups excluding tert-OH is 1. The number of ether oxygens (including phenoxy) is 1. The molecule has 0 radical (unpaired) electrons. The van der Waals surface area contributed by atoms with E-state index in [9.17, 15) is 27.5 Å². The van der Waals surface area contributed by atoms with E-state index in [4.69, 9.17) is 4.74 Å². The molecule has 1 saturated heterocycles. The van der Waals surface area contributed by atoms with E-state index < -0.39 is 39.3 Å². The Kier molecular flexibility index (Phi) is 6.77. The van der Waals surface area contributed by atoms with Gasteiger partial charge >= 0.3 is 0 Å². The molecule has 1 aliphatic heterocycles. The monoisotopic (exact) mass is 462 g/mol. The number of benzene rings is 2. The second-order valence-corrected chi connectivity index (χ2v) is 9.47. The van der Waals surface area contributed by atoms with Gasteiger partial charge < -0.3 is 14.7 Å². The Morgan fingerprint density at radius 3 is 2.31 bits per heavy atom. The number of hydrogen-bond donors (Lipinski definition) is 1. The second-order valence-electron chi connectivity index (χ2n) is 7.32. The number of aliphatic hydroxyl groups is 1. The van der Waals surface area contributed by atoms with Gasteiger partial charge in [0.25, 0.3) is 11.7 Å². The minimum atomic E-state index is -3.69. The van der Waals surface area contributed by atoms with Gasteiger partial charge in [0.15, 0.2) is 0 Å².